The van der Waals surface area contributed by atoms with E-state index in [4.69, 9.17) is 0 Å². The number of nitrogens with zero attached hydrogens (tertiary/aromatic N) is 1. The molecule has 0 atom stereocenters. The summed E-state index contributed by atoms with van der Waals surface area (Å²) in [6.45, 7) is 0. The number of nitro groups is 1. The van der Waals surface area contributed by atoms with Crippen LogP contribution in [-0.4, -0.2) is 18.0 Å². The first-order chi connectivity index (χ1) is 6.15. The molecule has 0 saturated carbocycles. The Morgan fingerprint density at radius 2 is 2.14 bits per heavy atom. The Kier molecular flexibility index (Phi) is 4.99. The summed E-state index contributed by atoms with van der Waals surface area (Å²) < 4.78 is 4.41. The van der Waals surface area contributed by atoms with Gasteiger partial charge in [0, 0.05) is 32.6 Å². The molecular formula is C8H7NO4Pd. The number of benzene rings is 1. The number of nitro benzene ring substituents is 1. The number of hydrogen-bond donors (Lipinski definition) is 0. The zero-order chi connectivity index (χ0) is 9.84. The van der Waals surface area contributed by atoms with E-state index in [1.165, 1.54) is 31.4 Å². The summed E-state index contributed by atoms with van der Waals surface area (Å²) >= 11 is 0. The van der Waals surface area contributed by atoms with Crippen LogP contribution in [0.1, 0.15) is 10.4 Å². The van der Waals surface area contributed by atoms with E-state index in [9.17, 15) is 14.9 Å². The predicted octanol–water partition coefficient (Wildman–Crippen LogP) is 1.38. The van der Waals surface area contributed by atoms with Crippen LogP contribution in [0, 0.1) is 10.1 Å². The maximum absolute atomic E-state index is 10.9. The minimum Gasteiger partial charge on any atom is -0.465 e. The van der Waals surface area contributed by atoms with E-state index >= 15 is 0 Å². The topological polar surface area (TPSA) is 69.4 Å². The first-order valence-corrected chi connectivity index (χ1v) is 3.48. The molecule has 0 amide bonds. The third-order valence-corrected chi connectivity index (χ3v) is 1.48. The van der Waals surface area contributed by atoms with Gasteiger partial charge >= 0.3 is 5.97 Å². The number of non-ortho nitro benzene ring substituents is 1. The molecule has 0 N–H and O–H groups in total. The van der Waals surface area contributed by atoms with E-state index in [2.05, 4.69) is 4.74 Å². The smallest absolute Gasteiger partial charge is 0.338 e. The van der Waals surface area contributed by atoms with Gasteiger partial charge in [-0.15, -0.1) is 0 Å². The van der Waals surface area contributed by atoms with E-state index in [1.54, 1.807) is 0 Å². The number of carbonyl (C=O) groups is 1. The summed E-state index contributed by atoms with van der Waals surface area (Å²) in [6, 6.07) is 5.38. The van der Waals surface area contributed by atoms with Crippen molar-refractivity contribution in [3.63, 3.8) is 0 Å². The van der Waals surface area contributed by atoms with E-state index in [-0.39, 0.29) is 31.7 Å². The minimum absolute atomic E-state index is 0. The largest absolute Gasteiger partial charge is 0.465 e. The molecule has 0 radical (unpaired) electrons. The second-order valence-corrected chi connectivity index (χ2v) is 2.30. The maximum atomic E-state index is 10.9. The summed E-state index contributed by atoms with van der Waals surface area (Å²) in [7, 11) is 1.22. The van der Waals surface area contributed by atoms with Crippen molar-refractivity contribution in [2.45, 2.75) is 0 Å². The molecule has 1 rings (SSSR count). The van der Waals surface area contributed by atoms with Crippen molar-refractivity contribution < 1.29 is 34.9 Å². The zero-order valence-electron chi connectivity index (χ0n) is 7.21. The molecule has 6 heteroatoms. The van der Waals surface area contributed by atoms with Crippen molar-refractivity contribution in [1.29, 1.82) is 0 Å². The molecule has 1 aromatic carbocycles. The normalized spacial score (nSPS) is 8.64. The number of carbonyl (C=O) groups excluding carboxylic acids is 1. The molecular weight excluding hydrogens is 281 g/mol. The third-order valence-electron chi connectivity index (χ3n) is 1.48. The van der Waals surface area contributed by atoms with E-state index in [0.717, 1.165) is 0 Å². The molecule has 14 heavy (non-hydrogen) atoms. The molecule has 0 aliphatic heterocycles. The Labute approximate surface area is 93.9 Å². The van der Waals surface area contributed by atoms with Crippen LogP contribution in [0.15, 0.2) is 24.3 Å². The van der Waals surface area contributed by atoms with Gasteiger partial charge in [-0.1, -0.05) is 6.07 Å². The molecule has 0 spiro atoms. The van der Waals surface area contributed by atoms with Crippen LogP contribution in [0.25, 0.3) is 0 Å². The van der Waals surface area contributed by atoms with Crippen molar-refractivity contribution in [1.82, 2.24) is 0 Å². The Hall–Kier alpha value is -1.25. The monoisotopic (exact) mass is 287 g/mol. The van der Waals surface area contributed by atoms with Crippen LogP contribution in [0.2, 0.25) is 0 Å². The molecule has 0 aliphatic rings. The van der Waals surface area contributed by atoms with Crippen molar-refractivity contribution in [3.05, 3.63) is 39.9 Å². The van der Waals surface area contributed by atoms with Gasteiger partial charge in [0.05, 0.1) is 17.6 Å². The predicted molar refractivity (Wildman–Crippen MR) is 44.4 cm³/mol. The van der Waals surface area contributed by atoms with Crippen LogP contribution in [0.5, 0.6) is 0 Å². The van der Waals surface area contributed by atoms with Gasteiger partial charge in [0.25, 0.3) is 5.69 Å². The zero-order valence-corrected chi connectivity index (χ0v) is 8.76. The fourth-order valence-corrected chi connectivity index (χ4v) is 0.864. The number of esters is 1. The van der Waals surface area contributed by atoms with Crippen LogP contribution < -0.4 is 0 Å². The molecule has 0 aliphatic carbocycles. The van der Waals surface area contributed by atoms with Crippen LogP contribution in [-0.2, 0) is 25.2 Å². The molecule has 78 valence electrons. The fourth-order valence-electron chi connectivity index (χ4n) is 0.864. The maximum Gasteiger partial charge on any atom is 0.338 e. The van der Waals surface area contributed by atoms with Gasteiger partial charge in [-0.05, 0) is 6.07 Å². The van der Waals surface area contributed by atoms with E-state index in [0.29, 0.717) is 0 Å². The van der Waals surface area contributed by atoms with E-state index in [1.807, 2.05) is 0 Å². The number of methoxy groups -OCH3 is 1. The summed E-state index contributed by atoms with van der Waals surface area (Å²) in [5.41, 5.74) is 0.0552. The average Bonchev–Trinajstić information content (AvgIpc) is 2.17. The first kappa shape index (κ1) is 12.8. The Bertz CT molecular complexity index is 353. The van der Waals surface area contributed by atoms with Crippen LogP contribution in [0.3, 0.4) is 0 Å². The number of ether oxygens (including phenoxy) is 1. The summed E-state index contributed by atoms with van der Waals surface area (Å²) in [5, 5.41) is 10.3. The second kappa shape index (κ2) is 5.48. The summed E-state index contributed by atoms with van der Waals surface area (Å²) in [5.74, 6) is -0.580. The molecule has 5 nitrogen and oxygen atoms in total. The van der Waals surface area contributed by atoms with Crippen molar-refractivity contribution in [3.8, 4) is 0 Å². The summed E-state index contributed by atoms with van der Waals surface area (Å²) in [6.07, 6.45) is 0. The van der Waals surface area contributed by atoms with Gasteiger partial charge in [0.15, 0.2) is 0 Å². The SMILES string of the molecule is COC(=O)c1cccc([N+](=O)[O-])c1.[Pd]. The fraction of sp³-hybridized carbons (Fsp3) is 0.125. The Morgan fingerprint density at radius 3 is 2.64 bits per heavy atom. The first-order valence-electron chi connectivity index (χ1n) is 3.48. The molecule has 0 unspecified atom stereocenters. The summed E-state index contributed by atoms with van der Waals surface area (Å²) in [4.78, 5) is 20.7. The average molecular weight is 288 g/mol. The van der Waals surface area contributed by atoms with Crippen LogP contribution in [0.4, 0.5) is 5.69 Å². The second-order valence-electron chi connectivity index (χ2n) is 2.30. The molecule has 0 fully saturated rings. The Balaban J connectivity index is 0.00000169. The van der Waals surface area contributed by atoms with Gasteiger partial charge in [0.2, 0.25) is 0 Å². The van der Waals surface area contributed by atoms with Gasteiger partial charge in [0.1, 0.15) is 0 Å². The molecule has 0 aromatic heterocycles. The van der Waals surface area contributed by atoms with Crippen molar-refractivity contribution >= 4 is 11.7 Å². The van der Waals surface area contributed by atoms with Gasteiger partial charge < -0.3 is 4.74 Å². The van der Waals surface area contributed by atoms with Crippen molar-refractivity contribution in [2.24, 2.45) is 0 Å². The van der Waals surface area contributed by atoms with Crippen LogP contribution >= 0.6 is 0 Å². The van der Waals surface area contributed by atoms with Crippen molar-refractivity contribution in [2.75, 3.05) is 7.11 Å². The van der Waals surface area contributed by atoms with Gasteiger partial charge in [-0.3, -0.25) is 10.1 Å². The number of hydrogen-bond acceptors (Lipinski definition) is 4. The molecule has 1 aromatic rings. The van der Waals surface area contributed by atoms with E-state index < -0.39 is 10.9 Å². The van der Waals surface area contributed by atoms with Gasteiger partial charge in [-0.25, -0.2) is 4.79 Å². The molecule has 0 bridgehead atoms. The standard InChI is InChI=1S/C8H7NO4.Pd/c1-13-8(10)6-3-2-4-7(5-6)9(11)12;/h2-5H,1H3;. The molecule has 0 heterocycles. The quantitative estimate of drug-likeness (QED) is 0.357. The minimum atomic E-state index is -0.580. The number of rotatable bonds is 2. The molecule has 0 saturated heterocycles. The third kappa shape index (κ3) is 2.91. The Morgan fingerprint density at radius 1 is 1.50 bits per heavy atom. The van der Waals surface area contributed by atoms with Gasteiger partial charge in [-0.2, -0.15) is 0 Å².